The maximum atomic E-state index is 10.9. The summed E-state index contributed by atoms with van der Waals surface area (Å²) >= 11 is 1.98. The molecular weight excluding hydrogens is 174 g/mol. The van der Waals surface area contributed by atoms with E-state index in [4.69, 9.17) is 0 Å². The number of carbonyl (C=O) groups excluding carboxylic acids is 1. The Balaban J connectivity index is 1.86. The molecule has 0 spiro atoms. The van der Waals surface area contributed by atoms with E-state index in [9.17, 15) is 4.79 Å². The van der Waals surface area contributed by atoms with E-state index in [2.05, 4.69) is 10.4 Å². The minimum Gasteiger partial charge on any atom is -0.275 e. The summed E-state index contributed by atoms with van der Waals surface area (Å²) in [6, 6.07) is 0. The van der Waals surface area contributed by atoms with Crippen LogP contribution in [-0.2, 0) is 4.79 Å². The first-order valence-electron chi connectivity index (χ1n) is 4.26. The number of carbonyl (C=O) groups is 1. The normalized spacial score (nSPS) is 27.5. The molecular formula is C7H13N3OS. The third kappa shape index (κ3) is 1.73. The first kappa shape index (κ1) is 8.34. The van der Waals surface area contributed by atoms with Crippen molar-refractivity contribution < 1.29 is 4.79 Å². The summed E-state index contributed by atoms with van der Waals surface area (Å²) in [6.45, 7) is 2.96. The van der Waals surface area contributed by atoms with E-state index < -0.39 is 0 Å². The highest BCUT2D eigenvalue weighted by Crippen LogP contribution is 2.12. The fourth-order valence-corrected chi connectivity index (χ4v) is 2.35. The second kappa shape index (κ2) is 3.64. The summed E-state index contributed by atoms with van der Waals surface area (Å²) in [7, 11) is 0. The summed E-state index contributed by atoms with van der Waals surface area (Å²) in [5.74, 6) is 2.49. The van der Waals surface area contributed by atoms with Crippen LogP contribution < -0.4 is 5.43 Å². The molecule has 0 bridgehead atoms. The van der Waals surface area contributed by atoms with E-state index in [1.807, 2.05) is 16.9 Å². The van der Waals surface area contributed by atoms with Gasteiger partial charge < -0.3 is 0 Å². The third-order valence-corrected chi connectivity index (χ3v) is 3.08. The van der Waals surface area contributed by atoms with Crippen molar-refractivity contribution >= 4 is 17.7 Å². The number of hydrazine groups is 2. The molecule has 2 fully saturated rings. The van der Waals surface area contributed by atoms with Crippen molar-refractivity contribution in [2.24, 2.45) is 0 Å². The Labute approximate surface area is 76.2 Å². The van der Waals surface area contributed by atoms with Crippen molar-refractivity contribution in [3.8, 4) is 0 Å². The quantitative estimate of drug-likeness (QED) is 0.610. The van der Waals surface area contributed by atoms with E-state index >= 15 is 0 Å². The Kier molecular flexibility index (Phi) is 2.53. The number of amides is 1. The molecule has 5 heteroatoms. The summed E-state index contributed by atoms with van der Waals surface area (Å²) in [5, 5.41) is 4.18. The monoisotopic (exact) mass is 187 g/mol. The van der Waals surface area contributed by atoms with Gasteiger partial charge in [-0.2, -0.15) is 16.9 Å². The lowest BCUT2D eigenvalue weighted by Gasteiger charge is -2.33. The van der Waals surface area contributed by atoms with E-state index in [1.54, 1.807) is 0 Å². The van der Waals surface area contributed by atoms with Gasteiger partial charge in [0.1, 0.15) is 0 Å². The second-order valence-corrected chi connectivity index (χ2v) is 4.20. The lowest BCUT2D eigenvalue weighted by Crippen LogP contribution is -2.51. The Morgan fingerprint density at radius 2 is 2.00 bits per heavy atom. The zero-order chi connectivity index (χ0) is 8.39. The molecule has 2 aliphatic heterocycles. The minimum atomic E-state index is 0.147. The molecule has 2 heterocycles. The van der Waals surface area contributed by atoms with Gasteiger partial charge >= 0.3 is 0 Å². The molecule has 2 rings (SSSR count). The van der Waals surface area contributed by atoms with Crippen molar-refractivity contribution in [2.75, 3.05) is 31.1 Å². The average Bonchev–Trinajstić information content (AvgIpc) is 2.54. The topological polar surface area (TPSA) is 35.6 Å². The van der Waals surface area contributed by atoms with Crippen LogP contribution in [-0.4, -0.2) is 47.2 Å². The standard InChI is InChI=1S/C7H13N3OS/c11-7-1-2-10(8-7)9-3-5-12-6-4-9/h1-6H2,(H,8,11). The first-order chi connectivity index (χ1) is 5.86. The molecule has 0 radical (unpaired) electrons. The van der Waals surface area contributed by atoms with Crippen LogP contribution >= 0.6 is 11.8 Å². The van der Waals surface area contributed by atoms with Crippen LogP contribution in [0.1, 0.15) is 6.42 Å². The van der Waals surface area contributed by atoms with Crippen molar-refractivity contribution in [3.05, 3.63) is 0 Å². The highest BCUT2D eigenvalue weighted by atomic mass is 32.2. The fraction of sp³-hybridized carbons (Fsp3) is 0.857. The molecule has 0 aliphatic carbocycles. The van der Waals surface area contributed by atoms with Gasteiger partial charge in [-0.1, -0.05) is 0 Å². The van der Waals surface area contributed by atoms with Crippen LogP contribution in [0.2, 0.25) is 0 Å². The minimum absolute atomic E-state index is 0.147. The van der Waals surface area contributed by atoms with Gasteiger partial charge in [0.25, 0.3) is 0 Å². The number of rotatable bonds is 1. The fourth-order valence-electron chi connectivity index (χ4n) is 1.47. The molecule has 0 saturated carbocycles. The molecule has 68 valence electrons. The summed E-state index contributed by atoms with van der Waals surface area (Å²) in [6.07, 6.45) is 0.643. The van der Waals surface area contributed by atoms with Crippen LogP contribution in [0.5, 0.6) is 0 Å². The molecule has 2 aliphatic rings. The number of nitrogens with one attached hydrogen (secondary N) is 1. The average molecular weight is 187 g/mol. The van der Waals surface area contributed by atoms with Crippen molar-refractivity contribution in [3.63, 3.8) is 0 Å². The molecule has 1 N–H and O–H groups in total. The predicted molar refractivity (Wildman–Crippen MR) is 48.4 cm³/mol. The van der Waals surface area contributed by atoms with E-state index in [0.717, 1.165) is 19.6 Å². The number of nitrogens with zero attached hydrogens (tertiary/aromatic N) is 2. The Bertz CT molecular complexity index is 181. The lowest BCUT2D eigenvalue weighted by molar-refractivity contribution is -0.126. The largest absolute Gasteiger partial charge is 0.275 e. The van der Waals surface area contributed by atoms with Gasteiger partial charge in [0.05, 0.1) is 0 Å². The highest BCUT2D eigenvalue weighted by molar-refractivity contribution is 7.99. The zero-order valence-corrected chi connectivity index (χ0v) is 7.77. The van der Waals surface area contributed by atoms with Crippen LogP contribution in [0.25, 0.3) is 0 Å². The van der Waals surface area contributed by atoms with Crippen molar-refractivity contribution in [1.82, 2.24) is 15.6 Å². The number of hydrogen-bond acceptors (Lipinski definition) is 4. The van der Waals surface area contributed by atoms with Gasteiger partial charge in [-0.15, -0.1) is 0 Å². The highest BCUT2D eigenvalue weighted by Gasteiger charge is 2.24. The molecule has 0 aromatic rings. The van der Waals surface area contributed by atoms with Gasteiger partial charge in [0.15, 0.2) is 0 Å². The molecule has 0 aromatic heterocycles. The number of hydrogen-bond donors (Lipinski definition) is 1. The summed E-state index contributed by atoms with van der Waals surface area (Å²) in [5.41, 5.74) is 2.83. The Hall–Kier alpha value is -0.260. The molecule has 0 unspecified atom stereocenters. The summed E-state index contributed by atoms with van der Waals surface area (Å²) < 4.78 is 0. The maximum absolute atomic E-state index is 10.9. The van der Waals surface area contributed by atoms with Crippen LogP contribution in [0, 0.1) is 0 Å². The SMILES string of the molecule is O=C1CCN(N2CCSCC2)N1. The van der Waals surface area contributed by atoms with Gasteiger partial charge in [-0.3, -0.25) is 10.2 Å². The Morgan fingerprint density at radius 3 is 2.58 bits per heavy atom. The van der Waals surface area contributed by atoms with Crippen LogP contribution in [0.15, 0.2) is 0 Å². The van der Waals surface area contributed by atoms with Gasteiger partial charge in [0, 0.05) is 37.6 Å². The third-order valence-electron chi connectivity index (χ3n) is 2.13. The van der Waals surface area contributed by atoms with Crippen LogP contribution in [0.4, 0.5) is 0 Å². The maximum Gasteiger partial charge on any atom is 0.236 e. The van der Waals surface area contributed by atoms with Crippen molar-refractivity contribution in [2.45, 2.75) is 6.42 Å². The van der Waals surface area contributed by atoms with Crippen molar-refractivity contribution in [1.29, 1.82) is 0 Å². The molecule has 2 saturated heterocycles. The van der Waals surface area contributed by atoms with Gasteiger partial charge in [0.2, 0.25) is 5.91 Å². The van der Waals surface area contributed by atoms with Gasteiger partial charge in [-0.05, 0) is 0 Å². The predicted octanol–water partition coefficient (Wildman–Crippen LogP) is -0.313. The molecule has 0 atom stereocenters. The zero-order valence-electron chi connectivity index (χ0n) is 6.95. The van der Waals surface area contributed by atoms with E-state index in [1.165, 1.54) is 11.5 Å². The van der Waals surface area contributed by atoms with Crippen LogP contribution in [0.3, 0.4) is 0 Å². The number of thioether (sulfide) groups is 1. The summed E-state index contributed by atoms with van der Waals surface area (Å²) in [4.78, 5) is 10.9. The van der Waals surface area contributed by atoms with Gasteiger partial charge in [-0.25, -0.2) is 5.01 Å². The molecule has 1 amide bonds. The first-order valence-corrected chi connectivity index (χ1v) is 5.41. The molecule has 0 aromatic carbocycles. The van der Waals surface area contributed by atoms with E-state index in [0.29, 0.717) is 6.42 Å². The molecule has 4 nitrogen and oxygen atoms in total. The second-order valence-electron chi connectivity index (χ2n) is 2.97. The molecule has 12 heavy (non-hydrogen) atoms. The smallest absolute Gasteiger partial charge is 0.236 e. The Morgan fingerprint density at radius 1 is 1.25 bits per heavy atom. The van der Waals surface area contributed by atoms with E-state index in [-0.39, 0.29) is 5.91 Å². The lowest BCUT2D eigenvalue weighted by atomic mass is 10.4.